The molecule has 2 rings (SSSR count). The zero-order chi connectivity index (χ0) is 14.8. The van der Waals surface area contributed by atoms with Crippen LogP contribution in [0.2, 0.25) is 0 Å². The third-order valence-electron chi connectivity index (χ3n) is 6.41. The van der Waals surface area contributed by atoms with Gasteiger partial charge in [-0.15, -0.1) is 0 Å². The molecule has 0 aromatic heterocycles. The van der Waals surface area contributed by atoms with Crippen molar-refractivity contribution < 1.29 is 5.11 Å². The zero-order valence-electron chi connectivity index (χ0n) is 14.2. The molecule has 0 aromatic rings. The number of hydrogen-bond donors (Lipinski definition) is 1. The van der Waals surface area contributed by atoms with E-state index in [1.165, 1.54) is 57.8 Å². The van der Waals surface area contributed by atoms with Crippen LogP contribution in [0.25, 0.3) is 0 Å². The highest BCUT2D eigenvalue weighted by Crippen LogP contribution is 2.44. The molecule has 0 amide bonds. The van der Waals surface area contributed by atoms with Crippen LogP contribution in [0.1, 0.15) is 85.5 Å². The number of aliphatic hydroxyl groups is 1. The van der Waals surface area contributed by atoms with Gasteiger partial charge < -0.3 is 5.11 Å². The number of aliphatic hydroxyl groups excluding tert-OH is 1. The molecule has 0 bridgehead atoms. The summed E-state index contributed by atoms with van der Waals surface area (Å²) in [5.41, 5.74) is 0.451. The van der Waals surface area contributed by atoms with Crippen molar-refractivity contribution in [2.24, 2.45) is 29.1 Å². The monoisotopic (exact) mass is 280 g/mol. The lowest BCUT2D eigenvalue weighted by Gasteiger charge is -2.42. The summed E-state index contributed by atoms with van der Waals surface area (Å²) in [5.74, 6) is 2.84. The number of hydrogen-bond acceptors (Lipinski definition) is 1. The quantitative estimate of drug-likeness (QED) is 0.732. The van der Waals surface area contributed by atoms with Gasteiger partial charge in [-0.1, -0.05) is 53.4 Å². The minimum atomic E-state index is -0.0128. The Morgan fingerprint density at radius 2 is 1.55 bits per heavy atom. The van der Waals surface area contributed by atoms with Gasteiger partial charge in [0.2, 0.25) is 0 Å². The molecular weight excluding hydrogens is 244 g/mol. The van der Waals surface area contributed by atoms with Gasteiger partial charge in [-0.25, -0.2) is 0 Å². The lowest BCUT2D eigenvalue weighted by atomic mass is 9.65. The molecule has 2 aliphatic carbocycles. The van der Waals surface area contributed by atoms with Gasteiger partial charge in [0.25, 0.3) is 0 Å². The first-order valence-corrected chi connectivity index (χ1v) is 9.11. The van der Waals surface area contributed by atoms with E-state index >= 15 is 0 Å². The summed E-state index contributed by atoms with van der Waals surface area (Å²) >= 11 is 0. The summed E-state index contributed by atoms with van der Waals surface area (Å²) in [7, 11) is 0. The molecule has 2 aliphatic rings. The van der Waals surface area contributed by atoms with Crippen LogP contribution < -0.4 is 0 Å². The molecular formula is C19H36O. The summed E-state index contributed by atoms with van der Waals surface area (Å²) in [6.45, 7) is 9.44. The topological polar surface area (TPSA) is 20.2 Å². The van der Waals surface area contributed by atoms with E-state index in [1.807, 2.05) is 0 Å². The first kappa shape index (κ1) is 16.3. The Kier molecular flexibility index (Phi) is 5.56. The molecule has 0 aromatic carbocycles. The average Bonchev–Trinajstić information content (AvgIpc) is 2.45. The van der Waals surface area contributed by atoms with Crippen molar-refractivity contribution in [3.63, 3.8) is 0 Å². The summed E-state index contributed by atoms with van der Waals surface area (Å²) < 4.78 is 0. The Labute approximate surface area is 126 Å². The van der Waals surface area contributed by atoms with Gasteiger partial charge in [-0.2, -0.15) is 0 Å². The molecule has 3 atom stereocenters. The second-order valence-electron chi connectivity index (χ2n) is 8.58. The van der Waals surface area contributed by atoms with Crippen molar-refractivity contribution in [2.45, 2.75) is 91.6 Å². The molecule has 1 heteroatoms. The molecule has 1 N–H and O–H groups in total. The first-order chi connectivity index (χ1) is 9.43. The second-order valence-corrected chi connectivity index (χ2v) is 8.58. The Bertz CT molecular complexity index is 283. The van der Waals surface area contributed by atoms with Gasteiger partial charge >= 0.3 is 0 Å². The first-order valence-electron chi connectivity index (χ1n) is 9.11. The maximum atomic E-state index is 10.9. The van der Waals surface area contributed by atoms with Gasteiger partial charge in [0, 0.05) is 0 Å². The zero-order valence-corrected chi connectivity index (χ0v) is 14.2. The van der Waals surface area contributed by atoms with Crippen molar-refractivity contribution in [1.29, 1.82) is 0 Å². The fourth-order valence-corrected chi connectivity index (χ4v) is 4.87. The molecule has 0 heterocycles. The van der Waals surface area contributed by atoms with Gasteiger partial charge in [0.15, 0.2) is 0 Å². The molecule has 1 nitrogen and oxygen atoms in total. The van der Waals surface area contributed by atoms with E-state index < -0.39 is 0 Å². The summed E-state index contributed by atoms with van der Waals surface area (Å²) in [4.78, 5) is 0. The van der Waals surface area contributed by atoms with E-state index in [0.717, 1.165) is 11.8 Å². The van der Waals surface area contributed by atoms with Crippen molar-refractivity contribution in [3.05, 3.63) is 0 Å². The molecule has 2 saturated carbocycles. The third-order valence-corrected chi connectivity index (χ3v) is 6.41. The largest absolute Gasteiger partial charge is 0.393 e. The van der Waals surface area contributed by atoms with Gasteiger partial charge in [-0.05, 0) is 61.2 Å². The molecule has 118 valence electrons. The Morgan fingerprint density at radius 1 is 0.950 bits per heavy atom. The van der Waals surface area contributed by atoms with Crippen molar-refractivity contribution in [3.8, 4) is 0 Å². The van der Waals surface area contributed by atoms with Gasteiger partial charge in [-0.3, -0.25) is 0 Å². The van der Waals surface area contributed by atoms with Crippen LogP contribution in [0, 0.1) is 29.1 Å². The fourth-order valence-electron chi connectivity index (χ4n) is 4.87. The standard InChI is InChI=1S/C19H36O/c1-5-14-8-6-7-9-17(14)18(20)15-10-12-16(13-11-15)19(2,3)4/h14-18,20H,5-13H2,1-4H3. The predicted octanol–water partition coefficient (Wildman–Crippen LogP) is 5.42. The minimum absolute atomic E-state index is 0.0128. The van der Waals surface area contributed by atoms with Crippen LogP contribution in [0.15, 0.2) is 0 Å². The third kappa shape index (κ3) is 3.78. The maximum absolute atomic E-state index is 10.9. The van der Waals surface area contributed by atoms with Crippen molar-refractivity contribution >= 4 is 0 Å². The van der Waals surface area contributed by atoms with E-state index in [0.29, 0.717) is 17.3 Å². The summed E-state index contributed by atoms with van der Waals surface area (Å²) in [6, 6.07) is 0. The van der Waals surface area contributed by atoms with Crippen LogP contribution in [0.3, 0.4) is 0 Å². The second kappa shape index (κ2) is 6.81. The molecule has 0 saturated heterocycles. The maximum Gasteiger partial charge on any atom is 0.0599 e. The van der Waals surface area contributed by atoms with E-state index in [9.17, 15) is 5.11 Å². The van der Waals surface area contributed by atoms with Crippen LogP contribution in [0.5, 0.6) is 0 Å². The average molecular weight is 280 g/mol. The smallest absolute Gasteiger partial charge is 0.0599 e. The lowest BCUT2D eigenvalue weighted by molar-refractivity contribution is -0.0197. The molecule has 20 heavy (non-hydrogen) atoms. The van der Waals surface area contributed by atoms with Crippen LogP contribution in [-0.4, -0.2) is 11.2 Å². The Morgan fingerprint density at radius 3 is 2.10 bits per heavy atom. The predicted molar refractivity (Wildman–Crippen MR) is 86.6 cm³/mol. The molecule has 2 fully saturated rings. The van der Waals surface area contributed by atoms with E-state index in [2.05, 4.69) is 27.7 Å². The van der Waals surface area contributed by atoms with Crippen LogP contribution in [-0.2, 0) is 0 Å². The number of rotatable bonds is 3. The molecule has 0 aliphatic heterocycles. The van der Waals surface area contributed by atoms with E-state index in [4.69, 9.17) is 0 Å². The normalized spacial score (nSPS) is 37.6. The van der Waals surface area contributed by atoms with Gasteiger partial charge in [0.1, 0.15) is 0 Å². The highest BCUT2D eigenvalue weighted by molar-refractivity contribution is 4.88. The molecule has 3 unspecified atom stereocenters. The Hall–Kier alpha value is -0.0400. The van der Waals surface area contributed by atoms with E-state index in [-0.39, 0.29) is 6.10 Å². The van der Waals surface area contributed by atoms with Crippen LogP contribution >= 0.6 is 0 Å². The minimum Gasteiger partial charge on any atom is -0.393 e. The van der Waals surface area contributed by atoms with Crippen molar-refractivity contribution in [2.75, 3.05) is 0 Å². The lowest BCUT2D eigenvalue weighted by Crippen LogP contribution is -2.38. The van der Waals surface area contributed by atoms with Crippen molar-refractivity contribution in [1.82, 2.24) is 0 Å². The Balaban J connectivity index is 1.89. The highest BCUT2D eigenvalue weighted by atomic mass is 16.3. The molecule has 0 spiro atoms. The van der Waals surface area contributed by atoms with Crippen LogP contribution in [0.4, 0.5) is 0 Å². The summed E-state index contributed by atoms with van der Waals surface area (Å²) in [5, 5.41) is 10.9. The van der Waals surface area contributed by atoms with E-state index in [1.54, 1.807) is 0 Å². The SMILES string of the molecule is CCC1CCCCC1C(O)C1CCC(C(C)(C)C)CC1. The highest BCUT2D eigenvalue weighted by Gasteiger charge is 2.37. The summed E-state index contributed by atoms with van der Waals surface area (Å²) in [6.07, 6.45) is 11.8. The molecule has 0 radical (unpaired) electrons. The van der Waals surface area contributed by atoms with Gasteiger partial charge in [0.05, 0.1) is 6.10 Å². The fraction of sp³-hybridized carbons (Fsp3) is 1.00.